The van der Waals surface area contributed by atoms with Crippen molar-refractivity contribution in [3.05, 3.63) is 59.0 Å². The summed E-state index contributed by atoms with van der Waals surface area (Å²) in [6.45, 7) is 7.76. The fourth-order valence-electron chi connectivity index (χ4n) is 3.99. The molecule has 0 saturated carbocycles. The predicted molar refractivity (Wildman–Crippen MR) is 117 cm³/mol. The number of ether oxygens (including phenoxy) is 1. The lowest BCUT2D eigenvalue weighted by Crippen LogP contribution is -2.46. The Balaban J connectivity index is 1.29. The van der Waals surface area contributed by atoms with Crippen LogP contribution in [-0.4, -0.2) is 44.7 Å². The van der Waals surface area contributed by atoms with Crippen molar-refractivity contribution in [3.8, 4) is 5.75 Å². The third kappa shape index (κ3) is 4.12. The van der Waals surface area contributed by atoms with E-state index >= 15 is 0 Å². The van der Waals surface area contributed by atoms with Crippen LogP contribution in [0.1, 0.15) is 17.5 Å². The van der Waals surface area contributed by atoms with Crippen LogP contribution in [0.3, 0.4) is 0 Å². The number of para-hydroxylation sites is 2. The molecule has 1 aliphatic rings. The molecule has 3 nitrogen and oxygen atoms in total. The molecule has 2 heterocycles. The van der Waals surface area contributed by atoms with E-state index in [4.69, 9.17) is 4.74 Å². The highest BCUT2D eigenvalue weighted by atomic mass is 32.1. The first-order valence-electron chi connectivity index (χ1n) is 9.81. The summed E-state index contributed by atoms with van der Waals surface area (Å²) in [4.78, 5) is 5.05. The zero-order valence-electron chi connectivity index (χ0n) is 16.3. The molecule has 0 bridgehead atoms. The molecular weight excluding hydrogens is 352 g/mol. The number of aryl methyl sites for hydroxylation is 2. The largest absolute Gasteiger partial charge is 0.495 e. The van der Waals surface area contributed by atoms with Gasteiger partial charge >= 0.3 is 0 Å². The number of fused-ring (bicyclic) bond motifs is 1. The lowest BCUT2D eigenvalue weighted by atomic mass is 10.1. The van der Waals surface area contributed by atoms with Crippen LogP contribution in [-0.2, 0) is 6.42 Å². The van der Waals surface area contributed by atoms with Gasteiger partial charge in [0, 0.05) is 30.9 Å². The van der Waals surface area contributed by atoms with Crippen molar-refractivity contribution < 1.29 is 4.74 Å². The molecule has 27 heavy (non-hydrogen) atoms. The average molecular weight is 381 g/mol. The summed E-state index contributed by atoms with van der Waals surface area (Å²) in [7, 11) is 1.75. The molecule has 4 heteroatoms. The van der Waals surface area contributed by atoms with Gasteiger partial charge in [0.2, 0.25) is 0 Å². The van der Waals surface area contributed by atoms with Gasteiger partial charge in [-0.15, -0.1) is 11.3 Å². The van der Waals surface area contributed by atoms with Crippen molar-refractivity contribution in [2.75, 3.05) is 44.7 Å². The Bertz CT molecular complexity index is 896. The van der Waals surface area contributed by atoms with Crippen LogP contribution in [0.5, 0.6) is 5.75 Å². The third-order valence-corrected chi connectivity index (χ3v) is 6.54. The van der Waals surface area contributed by atoms with E-state index in [1.54, 1.807) is 7.11 Å². The summed E-state index contributed by atoms with van der Waals surface area (Å²) >= 11 is 1.88. The zero-order valence-corrected chi connectivity index (χ0v) is 17.1. The van der Waals surface area contributed by atoms with Gasteiger partial charge in [0.15, 0.2) is 0 Å². The van der Waals surface area contributed by atoms with Crippen molar-refractivity contribution in [1.29, 1.82) is 0 Å². The van der Waals surface area contributed by atoms with E-state index in [1.165, 1.54) is 46.3 Å². The molecule has 1 aromatic heterocycles. The van der Waals surface area contributed by atoms with Gasteiger partial charge in [0.25, 0.3) is 0 Å². The molecule has 142 valence electrons. The highest BCUT2D eigenvalue weighted by Gasteiger charge is 2.19. The van der Waals surface area contributed by atoms with Crippen molar-refractivity contribution >= 4 is 27.1 Å². The number of methoxy groups -OCH3 is 1. The van der Waals surface area contributed by atoms with E-state index in [-0.39, 0.29) is 0 Å². The van der Waals surface area contributed by atoms with Crippen LogP contribution in [0, 0.1) is 6.92 Å². The molecule has 0 aliphatic carbocycles. The summed E-state index contributed by atoms with van der Waals surface area (Å²) in [5.41, 5.74) is 4.10. The maximum atomic E-state index is 5.52. The maximum absolute atomic E-state index is 5.52. The Labute approximate surface area is 166 Å². The lowest BCUT2D eigenvalue weighted by molar-refractivity contribution is 0.254. The summed E-state index contributed by atoms with van der Waals surface area (Å²) in [6.07, 6.45) is 2.41. The summed E-state index contributed by atoms with van der Waals surface area (Å²) in [5.74, 6) is 0.977. The number of piperazine rings is 1. The molecule has 2 aromatic carbocycles. The van der Waals surface area contributed by atoms with Gasteiger partial charge in [-0.2, -0.15) is 0 Å². The molecule has 4 rings (SSSR count). The monoisotopic (exact) mass is 380 g/mol. The van der Waals surface area contributed by atoms with Crippen LogP contribution in [0.4, 0.5) is 5.69 Å². The van der Waals surface area contributed by atoms with Gasteiger partial charge < -0.3 is 9.64 Å². The van der Waals surface area contributed by atoms with Crippen molar-refractivity contribution in [3.63, 3.8) is 0 Å². The zero-order chi connectivity index (χ0) is 18.6. The quantitative estimate of drug-likeness (QED) is 0.600. The van der Waals surface area contributed by atoms with E-state index in [1.807, 2.05) is 17.4 Å². The molecule has 0 spiro atoms. The van der Waals surface area contributed by atoms with Crippen LogP contribution < -0.4 is 9.64 Å². The molecule has 1 fully saturated rings. The molecule has 1 saturated heterocycles. The number of rotatable bonds is 6. The van der Waals surface area contributed by atoms with Gasteiger partial charge in [-0.3, -0.25) is 4.90 Å². The van der Waals surface area contributed by atoms with Gasteiger partial charge in [-0.05, 0) is 60.8 Å². The molecule has 0 unspecified atom stereocenters. The van der Waals surface area contributed by atoms with E-state index in [2.05, 4.69) is 58.5 Å². The highest BCUT2D eigenvalue weighted by Crippen LogP contribution is 2.29. The number of thiophene rings is 1. The van der Waals surface area contributed by atoms with Gasteiger partial charge in [0.05, 0.1) is 12.8 Å². The van der Waals surface area contributed by atoms with Crippen LogP contribution in [0.2, 0.25) is 0 Å². The minimum atomic E-state index is 0.977. The molecule has 0 atom stereocenters. The number of anilines is 1. The van der Waals surface area contributed by atoms with Crippen LogP contribution in [0.25, 0.3) is 10.1 Å². The average Bonchev–Trinajstić information content (AvgIpc) is 3.10. The minimum Gasteiger partial charge on any atom is -0.495 e. The SMILES string of the molecule is COc1ccccc1N1CCN(CCCc2csc3ccc(C)cc23)CC1. The lowest BCUT2D eigenvalue weighted by Gasteiger charge is -2.36. The summed E-state index contributed by atoms with van der Waals surface area (Å²) in [6, 6.07) is 15.2. The number of benzene rings is 2. The van der Waals surface area contributed by atoms with Gasteiger partial charge in [0.1, 0.15) is 5.75 Å². The predicted octanol–water partition coefficient (Wildman–Crippen LogP) is 4.97. The van der Waals surface area contributed by atoms with Crippen LogP contribution in [0.15, 0.2) is 47.8 Å². The maximum Gasteiger partial charge on any atom is 0.142 e. The smallest absolute Gasteiger partial charge is 0.142 e. The van der Waals surface area contributed by atoms with Crippen molar-refractivity contribution in [2.45, 2.75) is 19.8 Å². The Morgan fingerprint density at radius 2 is 1.85 bits per heavy atom. The number of hydrogen-bond donors (Lipinski definition) is 0. The first-order valence-corrected chi connectivity index (χ1v) is 10.7. The topological polar surface area (TPSA) is 15.7 Å². The normalized spacial score (nSPS) is 15.4. The fourth-order valence-corrected chi connectivity index (χ4v) is 4.96. The summed E-state index contributed by atoms with van der Waals surface area (Å²) in [5, 5.41) is 3.81. The molecule has 0 N–H and O–H groups in total. The minimum absolute atomic E-state index is 0.977. The Hall–Kier alpha value is -2.04. The molecular formula is C23H28N2OS. The number of nitrogens with zero attached hydrogens (tertiary/aromatic N) is 2. The fraction of sp³-hybridized carbons (Fsp3) is 0.391. The third-order valence-electron chi connectivity index (χ3n) is 5.53. The van der Waals surface area contributed by atoms with E-state index in [9.17, 15) is 0 Å². The first-order chi connectivity index (χ1) is 13.2. The molecule has 0 radical (unpaired) electrons. The Kier molecular flexibility index (Phi) is 5.65. The van der Waals surface area contributed by atoms with E-state index in [0.717, 1.165) is 31.9 Å². The van der Waals surface area contributed by atoms with Crippen molar-refractivity contribution in [2.24, 2.45) is 0 Å². The molecule has 3 aromatic rings. The van der Waals surface area contributed by atoms with E-state index < -0.39 is 0 Å². The Morgan fingerprint density at radius 1 is 1.04 bits per heavy atom. The Morgan fingerprint density at radius 3 is 2.67 bits per heavy atom. The van der Waals surface area contributed by atoms with Gasteiger partial charge in [-0.1, -0.05) is 29.8 Å². The van der Waals surface area contributed by atoms with E-state index in [0.29, 0.717) is 0 Å². The standard InChI is InChI=1S/C23H28N2OS/c1-18-9-10-23-20(16-18)19(17-27-23)6-5-11-24-12-14-25(15-13-24)21-7-3-4-8-22(21)26-2/h3-4,7-10,16-17H,5-6,11-15H2,1-2H3. The molecule has 0 amide bonds. The second-order valence-electron chi connectivity index (χ2n) is 7.36. The second kappa shape index (κ2) is 8.32. The number of hydrogen-bond acceptors (Lipinski definition) is 4. The van der Waals surface area contributed by atoms with Crippen LogP contribution >= 0.6 is 11.3 Å². The van der Waals surface area contributed by atoms with Gasteiger partial charge in [-0.25, -0.2) is 0 Å². The second-order valence-corrected chi connectivity index (χ2v) is 8.28. The molecule has 1 aliphatic heterocycles. The first kappa shape index (κ1) is 18.3. The van der Waals surface area contributed by atoms with Crippen molar-refractivity contribution in [1.82, 2.24) is 4.90 Å². The summed E-state index contributed by atoms with van der Waals surface area (Å²) < 4.78 is 6.94. The highest BCUT2D eigenvalue weighted by molar-refractivity contribution is 7.17.